The summed E-state index contributed by atoms with van der Waals surface area (Å²) in [6, 6.07) is 14.2. The maximum Gasteiger partial charge on any atom is 0.271 e. The van der Waals surface area contributed by atoms with Crippen LogP contribution in [0.25, 0.3) is 0 Å². The van der Waals surface area contributed by atoms with Gasteiger partial charge in [-0.25, -0.2) is 0 Å². The Balaban J connectivity index is 1.41. The number of carbonyl (C=O) groups excluding carboxylic acids is 1. The van der Waals surface area contributed by atoms with Gasteiger partial charge in [0.25, 0.3) is 5.69 Å². The van der Waals surface area contributed by atoms with Gasteiger partial charge in [-0.3, -0.25) is 19.8 Å². The van der Waals surface area contributed by atoms with Gasteiger partial charge in [0.15, 0.2) is 0 Å². The lowest BCUT2D eigenvalue weighted by Gasteiger charge is -2.35. The fourth-order valence-electron chi connectivity index (χ4n) is 3.22. The minimum absolute atomic E-state index is 0.000957. The van der Waals surface area contributed by atoms with E-state index in [2.05, 4.69) is 15.1 Å². The zero-order valence-corrected chi connectivity index (χ0v) is 16.3. The zero-order valence-electron chi connectivity index (χ0n) is 15.5. The summed E-state index contributed by atoms with van der Waals surface area (Å²) in [5.74, 6) is 0.000957. The Labute approximate surface area is 169 Å². The van der Waals surface area contributed by atoms with E-state index in [4.69, 9.17) is 11.6 Å². The first-order chi connectivity index (χ1) is 13.5. The van der Waals surface area contributed by atoms with Crippen molar-refractivity contribution in [1.82, 2.24) is 10.2 Å². The molecule has 148 valence electrons. The van der Waals surface area contributed by atoms with Crippen LogP contribution in [0.3, 0.4) is 0 Å². The van der Waals surface area contributed by atoms with Gasteiger partial charge >= 0.3 is 0 Å². The highest BCUT2D eigenvalue weighted by atomic mass is 35.5. The van der Waals surface area contributed by atoms with Crippen LogP contribution in [0.15, 0.2) is 48.5 Å². The molecule has 1 N–H and O–H groups in total. The van der Waals surface area contributed by atoms with Crippen LogP contribution < -0.4 is 10.2 Å². The molecule has 0 aromatic heterocycles. The second kappa shape index (κ2) is 9.52. The minimum Gasteiger partial charge on any atom is -0.369 e. The van der Waals surface area contributed by atoms with Gasteiger partial charge in [-0.2, -0.15) is 0 Å². The van der Waals surface area contributed by atoms with Crippen molar-refractivity contribution in [2.75, 3.05) is 37.6 Å². The largest absolute Gasteiger partial charge is 0.369 e. The molecule has 28 heavy (non-hydrogen) atoms. The molecule has 2 aromatic rings. The molecule has 1 saturated heterocycles. The minimum atomic E-state index is -0.374. The van der Waals surface area contributed by atoms with Gasteiger partial charge in [0, 0.05) is 68.5 Å². The number of nitro benzene ring substituents is 1. The lowest BCUT2D eigenvalue weighted by atomic mass is 10.2. The van der Waals surface area contributed by atoms with Crippen LogP contribution >= 0.6 is 11.6 Å². The van der Waals surface area contributed by atoms with Crippen LogP contribution in [0, 0.1) is 10.1 Å². The average Bonchev–Trinajstić information content (AvgIpc) is 2.72. The molecular formula is C20H23ClN4O3. The van der Waals surface area contributed by atoms with Crippen LogP contribution in [-0.2, 0) is 11.3 Å². The second-order valence-corrected chi connectivity index (χ2v) is 7.13. The first-order valence-corrected chi connectivity index (χ1v) is 9.62. The van der Waals surface area contributed by atoms with Gasteiger partial charge in [0.2, 0.25) is 5.91 Å². The number of nitro groups is 1. The number of carbonyl (C=O) groups is 1. The molecule has 1 aliphatic rings. The Morgan fingerprint density at radius 2 is 1.86 bits per heavy atom. The average molecular weight is 403 g/mol. The highest BCUT2D eigenvalue weighted by Gasteiger charge is 2.19. The highest BCUT2D eigenvalue weighted by Crippen LogP contribution is 2.22. The maximum atomic E-state index is 12.1. The summed E-state index contributed by atoms with van der Waals surface area (Å²) in [6.45, 7) is 4.32. The predicted molar refractivity (Wildman–Crippen MR) is 110 cm³/mol. The van der Waals surface area contributed by atoms with Crippen molar-refractivity contribution in [2.45, 2.75) is 13.0 Å². The summed E-state index contributed by atoms with van der Waals surface area (Å²) in [6.07, 6.45) is 0.432. The molecule has 0 saturated carbocycles. The Morgan fingerprint density at radius 1 is 1.11 bits per heavy atom. The van der Waals surface area contributed by atoms with E-state index in [1.165, 1.54) is 6.07 Å². The molecule has 1 fully saturated rings. The van der Waals surface area contributed by atoms with Gasteiger partial charge in [-0.05, 0) is 17.7 Å². The Bertz CT molecular complexity index is 838. The fourth-order valence-corrected chi connectivity index (χ4v) is 3.42. The summed E-state index contributed by atoms with van der Waals surface area (Å²) in [7, 11) is 0. The van der Waals surface area contributed by atoms with Crippen molar-refractivity contribution in [3.05, 3.63) is 69.2 Å². The summed E-state index contributed by atoms with van der Waals surface area (Å²) in [4.78, 5) is 27.0. The molecule has 0 unspecified atom stereocenters. The molecule has 0 aliphatic carbocycles. The number of halogens is 1. The smallest absolute Gasteiger partial charge is 0.271 e. The Kier molecular flexibility index (Phi) is 6.84. The number of rotatable bonds is 7. The number of nitrogens with one attached hydrogen (secondary N) is 1. The number of amides is 1. The molecule has 1 amide bonds. The molecule has 0 radical (unpaired) electrons. The first-order valence-electron chi connectivity index (χ1n) is 9.25. The summed E-state index contributed by atoms with van der Waals surface area (Å²) < 4.78 is 0. The van der Waals surface area contributed by atoms with Gasteiger partial charge in [-0.15, -0.1) is 0 Å². The van der Waals surface area contributed by atoms with Gasteiger partial charge in [0.1, 0.15) is 0 Å². The number of benzene rings is 2. The summed E-state index contributed by atoms with van der Waals surface area (Å²) >= 11 is 6.10. The third kappa shape index (κ3) is 5.43. The van der Waals surface area contributed by atoms with E-state index >= 15 is 0 Å². The number of piperazine rings is 1. The van der Waals surface area contributed by atoms with E-state index in [0.29, 0.717) is 24.5 Å². The number of nitrogens with zero attached hydrogens (tertiary/aromatic N) is 3. The van der Waals surface area contributed by atoms with Crippen LogP contribution in [0.2, 0.25) is 5.02 Å². The van der Waals surface area contributed by atoms with Crippen LogP contribution in [0.1, 0.15) is 12.0 Å². The van der Waals surface area contributed by atoms with Crippen molar-refractivity contribution in [2.24, 2.45) is 0 Å². The van der Waals surface area contributed by atoms with Crippen molar-refractivity contribution >= 4 is 28.9 Å². The second-order valence-electron chi connectivity index (χ2n) is 6.72. The first kappa shape index (κ1) is 20.1. The van der Waals surface area contributed by atoms with Gasteiger partial charge in [0.05, 0.1) is 4.92 Å². The number of anilines is 1. The highest BCUT2D eigenvalue weighted by molar-refractivity contribution is 6.31. The lowest BCUT2D eigenvalue weighted by Crippen LogP contribution is -2.47. The third-order valence-electron chi connectivity index (χ3n) is 4.87. The Hall–Kier alpha value is -2.64. The van der Waals surface area contributed by atoms with E-state index in [0.717, 1.165) is 37.4 Å². The predicted octanol–water partition coefficient (Wildman–Crippen LogP) is 3.08. The van der Waals surface area contributed by atoms with Crippen LogP contribution in [0.4, 0.5) is 11.4 Å². The number of hydrogen-bond acceptors (Lipinski definition) is 5. The molecule has 7 nitrogen and oxygen atoms in total. The SMILES string of the molecule is O=C(CCN1CCN(c2cccc([N+](=O)[O-])c2)CC1)NCc1ccccc1Cl. The van der Waals surface area contributed by atoms with Crippen molar-refractivity contribution in [3.63, 3.8) is 0 Å². The van der Waals surface area contributed by atoms with Crippen LogP contribution in [0.5, 0.6) is 0 Å². The van der Waals surface area contributed by atoms with E-state index in [9.17, 15) is 14.9 Å². The van der Waals surface area contributed by atoms with Gasteiger partial charge < -0.3 is 10.2 Å². The quantitative estimate of drug-likeness (QED) is 0.568. The van der Waals surface area contributed by atoms with E-state index in [-0.39, 0.29) is 16.5 Å². The molecule has 0 bridgehead atoms. The molecule has 0 spiro atoms. The molecule has 3 rings (SSSR count). The molecule has 2 aromatic carbocycles. The van der Waals surface area contributed by atoms with Crippen LogP contribution in [-0.4, -0.2) is 48.5 Å². The summed E-state index contributed by atoms with van der Waals surface area (Å²) in [5.41, 5.74) is 1.88. The summed E-state index contributed by atoms with van der Waals surface area (Å²) in [5, 5.41) is 14.5. The number of non-ortho nitro benzene ring substituents is 1. The molecule has 1 heterocycles. The molecule has 1 aliphatic heterocycles. The van der Waals surface area contributed by atoms with Gasteiger partial charge in [-0.1, -0.05) is 35.9 Å². The third-order valence-corrected chi connectivity index (χ3v) is 5.24. The van der Waals surface area contributed by atoms with Crippen molar-refractivity contribution in [1.29, 1.82) is 0 Å². The monoisotopic (exact) mass is 402 g/mol. The number of hydrogen-bond donors (Lipinski definition) is 1. The normalized spacial score (nSPS) is 14.7. The van der Waals surface area contributed by atoms with E-state index in [1.54, 1.807) is 12.1 Å². The topological polar surface area (TPSA) is 78.7 Å². The molecular weight excluding hydrogens is 380 g/mol. The zero-order chi connectivity index (χ0) is 19.9. The molecule has 8 heteroatoms. The van der Waals surface area contributed by atoms with E-state index < -0.39 is 0 Å². The standard InChI is InChI=1S/C20H23ClN4O3/c21-19-7-2-1-4-16(19)15-22-20(26)8-9-23-10-12-24(13-11-23)17-5-3-6-18(14-17)25(27)28/h1-7,14H,8-13,15H2,(H,22,26). The van der Waals surface area contributed by atoms with Crippen molar-refractivity contribution in [3.8, 4) is 0 Å². The maximum absolute atomic E-state index is 12.1. The molecule has 0 atom stereocenters. The fraction of sp³-hybridized carbons (Fsp3) is 0.350. The lowest BCUT2D eigenvalue weighted by molar-refractivity contribution is -0.384. The Morgan fingerprint density at radius 3 is 2.57 bits per heavy atom. The van der Waals surface area contributed by atoms with E-state index in [1.807, 2.05) is 30.3 Å². The van der Waals surface area contributed by atoms with Crippen molar-refractivity contribution < 1.29 is 9.72 Å².